The average molecular weight is 175 g/mol. The highest BCUT2D eigenvalue weighted by Gasteiger charge is 1.97. The summed E-state index contributed by atoms with van der Waals surface area (Å²) in [5.41, 5.74) is 1.40. The first kappa shape index (κ1) is 10.7. The zero-order valence-electron chi connectivity index (χ0n) is 6.98. The fourth-order valence-corrected chi connectivity index (χ4v) is 0.939. The molecule has 0 unspecified atom stereocenters. The van der Waals surface area contributed by atoms with Crippen molar-refractivity contribution in [3.63, 3.8) is 0 Å². The number of halogens is 1. The van der Waals surface area contributed by atoms with E-state index < -0.39 is 0 Å². The van der Waals surface area contributed by atoms with Crippen LogP contribution in [0.5, 0.6) is 0 Å². The third-order valence-electron chi connectivity index (χ3n) is 1.49. The van der Waals surface area contributed by atoms with Crippen molar-refractivity contribution < 1.29 is 4.79 Å². The maximum atomic E-state index is 11.0. The van der Waals surface area contributed by atoms with Crippen LogP contribution in [0.4, 0.5) is 0 Å². The number of unbranched alkanes of at least 4 members (excludes halogenated alkanes) is 2. The van der Waals surface area contributed by atoms with Gasteiger partial charge in [-0.25, -0.2) is 0 Å². The molecule has 0 aromatic rings. The van der Waals surface area contributed by atoms with Gasteiger partial charge in [-0.15, -0.1) is 0 Å². The molecule has 0 atom stereocenters. The molecule has 0 amide bonds. The summed E-state index contributed by atoms with van der Waals surface area (Å²) in [7, 11) is 0. The molecule has 0 N–H and O–H groups in total. The minimum Gasteiger partial charge on any atom is -0.299 e. The topological polar surface area (TPSA) is 17.1 Å². The molecule has 2 heteroatoms. The van der Waals surface area contributed by atoms with Crippen molar-refractivity contribution in [1.29, 1.82) is 0 Å². The molecule has 0 aliphatic heterocycles. The maximum absolute atomic E-state index is 11.0. The number of carbonyl (C=O) groups excluding carboxylic acids is 1. The predicted octanol–water partition coefficient (Wildman–Crippen LogP) is 3.28. The number of ketones is 1. The number of allylic oxidation sites excluding steroid dienone is 1. The van der Waals surface area contributed by atoms with Gasteiger partial charge in [0.1, 0.15) is 5.78 Å². The van der Waals surface area contributed by atoms with E-state index in [2.05, 4.69) is 6.92 Å². The van der Waals surface area contributed by atoms with Gasteiger partial charge >= 0.3 is 0 Å². The van der Waals surface area contributed by atoms with Crippen LogP contribution >= 0.6 is 11.6 Å². The molecule has 0 aliphatic carbocycles. The number of rotatable bonds is 6. The molecule has 0 aromatic carbocycles. The van der Waals surface area contributed by atoms with Gasteiger partial charge in [-0.2, -0.15) is 0 Å². The van der Waals surface area contributed by atoms with Crippen LogP contribution in [0.2, 0.25) is 0 Å². The van der Waals surface area contributed by atoms with Crippen molar-refractivity contribution >= 4 is 17.4 Å². The lowest BCUT2D eigenvalue weighted by molar-refractivity contribution is -0.118. The van der Waals surface area contributed by atoms with Crippen LogP contribution in [0.15, 0.2) is 11.6 Å². The van der Waals surface area contributed by atoms with Gasteiger partial charge in [0.25, 0.3) is 0 Å². The van der Waals surface area contributed by atoms with Crippen molar-refractivity contribution in [2.75, 3.05) is 0 Å². The van der Waals surface area contributed by atoms with Crippen LogP contribution < -0.4 is 0 Å². The molecule has 0 saturated carbocycles. The first-order chi connectivity index (χ1) is 5.31. The van der Waals surface area contributed by atoms with Crippen molar-refractivity contribution in [3.8, 4) is 0 Å². The minimum atomic E-state index is 0.287. The zero-order chi connectivity index (χ0) is 8.53. The molecule has 0 aliphatic rings. The highest BCUT2D eigenvalue weighted by molar-refractivity contribution is 6.25. The first-order valence-electron chi connectivity index (χ1n) is 4.08. The number of hydrogen-bond acceptors (Lipinski definition) is 1. The van der Waals surface area contributed by atoms with Gasteiger partial charge in [0.15, 0.2) is 0 Å². The second-order valence-corrected chi connectivity index (χ2v) is 2.81. The lowest BCUT2D eigenvalue weighted by Crippen LogP contribution is -1.94. The number of Topliss-reactive ketones (excluding diaryl/α,β-unsaturated/α-hetero) is 1. The van der Waals surface area contributed by atoms with Gasteiger partial charge in [-0.05, 0) is 6.42 Å². The first-order valence-corrected chi connectivity index (χ1v) is 4.51. The highest BCUT2D eigenvalue weighted by atomic mass is 35.5. The van der Waals surface area contributed by atoms with E-state index in [1.165, 1.54) is 12.0 Å². The summed E-state index contributed by atoms with van der Waals surface area (Å²) in [6, 6.07) is 0. The van der Waals surface area contributed by atoms with Crippen molar-refractivity contribution in [3.05, 3.63) is 11.6 Å². The van der Waals surface area contributed by atoms with E-state index in [0.717, 1.165) is 12.8 Å². The van der Waals surface area contributed by atoms with Crippen LogP contribution in [0, 0.1) is 0 Å². The van der Waals surface area contributed by atoms with Crippen molar-refractivity contribution in [2.45, 2.75) is 39.0 Å². The molecule has 1 nitrogen and oxygen atoms in total. The monoisotopic (exact) mass is 174 g/mol. The molecule has 0 bridgehead atoms. The van der Waals surface area contributed by atoms with E-state index in [-0.39, 0.29) is 5.78 Å². The van der Waals surface area contributed by atoms with Crippen LogP contribution in [0.25, 0.3) is 0 Å². The Labute approximate surface area is 73.4 Å². The van der Waals surface area contributed by atoms with Gasteiger partial charge in [0.2, 0.25) is 0 Å². The van der Waals surface area contributed by atoms with Crippen LogP contribution in [0.1, 0.15) is 39.0 Å². The van der Waals surface area contributed by atoms with E-state index in [4.69, 9.17) is 11.6 Å². The molecular formula is C9H15ClO. The standard InChI is InChI=1S/C9H15ClO/c1-2-3-4-6-9(11)7-5-8-10/h5,8H,2-4,6-7H2,1H3/b8-5-. The average Bonchev–Trinajstić information content (AvgIpc) is 2.01. The van der Waals surface area contributed by atoms with Gasteiger partial charge in [0.05, 0.1) is 0 Å². The fourth-order valence-electron chi connectivity index (χ4n) is 0.850. The normalized spacial score (nSPS) is 10.7. The van der Waals surface area contributed by atoms with Gasteiger partial charge in [-0.1, -0.05) is 37.4 Å². The summed E-state index contributed by atoms with van der Waals surface area (Å²) >= 11 is 5.27. The molecular weight excluding hydrogens is 160 g/mol. The van der Waals surface area contributed by atoms with E-state index in [1.807, 2.05) is 0 Å². The predicted molar refractivity (Wildman–Crippen MR) is 48.8 cm³/mol. The van der Waals surface area contributed by atoms with E-state index >= 15 is 0 Å². The summed E-state index contributed by atoms with van der Waals surface area (Å²) < 4.78 is 0. The molecule has 0 saturated heterocycles. The summed E-state index contributed by atoms with van der Waals surface area (Å²) in [6.07, 6.45) is 6.22. The molecule has 0 radical (unpaired) electrons. The Bertz CT molecular complexity index is 130. The summed E-state index contributed by atoms with van der Waals surface area (Å²) in [5, 5.41) is 0. The minimum absolute atomic E-state index is 0.287. The third-order valence-corrected chi connectivity index (χ3v) is 1.67. The Morgan fingerprint density at radius 1 is 1.45 bits per heavy atom. The maximum Gasteiger partial charge on any atom is 0.136 e. The van der Waals surface area contributed by atoms with Crippen LogP contribution in [-0.4, -0.2) is 5.78 Å². The van der Waals surface area contributed by atoms with Crippen molar-refractivity contribution in [1.82, 2.24) is 0 Å². The molecule has 0 aromatic heterocycles. The Balaban J connectivity index is 3.23. The molecule has 11 heavy (non-hydrogen) atoms. The molecule has 0 fully saturated rings. The van der Waals surface area contributed by atoms with E-state index in [9.17, 15) is 4.79 Å². The second kappa shape index (κ2) is 7.80. The van der Waals surface area contributed by atoms with Gasteiger partial charge in [-0.3, -0.25) is 4.79 Å². The largest absolute Gasteiger partial charge is 0.299 e. The lowest BCUT2D eigenvalue weighted by Gasteiger charge is -1.94. The van der Waals surface area contributed by atoms with Gasteiger partial charge in [0, 0.05) is 18.4 Å². The number of carbonyl (C=O) groups is 1. The Morgan fingerprint density at radius 2 is 2.18 bits per heavy atom. The summed E-state index contributed by atoms with van der Waals surface area (Å²) in [6.45, 7) is 2.13. The smallest absolute Gasteiger partial charge is 0.136 e. The van der Waals surface area contributed by atoms with Crippen LogP contribution in [0.3, 0.4) is 0 Å². The van der Waals surface area contributed by atoms with Crippen LogP contribution in [-0.2, 0) is 4.79 Å². The molecule has 0 spiro atoms. The highest BCUT2D eigenvalue weighted by Crippen LogP contribution is 2.02. The molecule has 0 rings (SSSR count). The number of hydrogen-bond donors (Lipinski definition) is 0. The second-order valence-electron chi connectivity index (χ2n) is 2.56. The zero-order valence-corrected chi connectivity index (χ0v) is 7.73. The Hall–Kier alpha value is -0.300. The Morgan fingerprint density at radius 3 is 2.73 bits per heavy atom. The lowest BCUT2D eigenvalue weighted by atomic mass is 10.1. The Kier molecular flexibility index (Phi) is 7.59. The van der Waals surface area contributed by atoms with Crippen molar-refractivity contribution in [2.24, 2.45) is 0 Å². The van der Waals surface area contributed by atoms with E-state index in [1.54, 1.807) is 6.08 Å². The SMILES string of the molecule is CCCCCC(=O)C/C=C\Cl. The quantitative estimate of drug-likeness (QED) is 0.565. The summed E-state index contributed by atoms with van der Waals surface area (Å²) in [5.74, 6) is 0.287. The summed E-state index contributed by atoms with van der Waals surface area (Å²) in [4.78, 5) is 11.0. The third kappa shape index (κ3) is 7.60. The van der Waals surface area contributed by atoms with E-state index in [0.29, 0.717) is 12.8 Å². The molecule has 64 valence electrons. The molecule has 0 heterocycles. The fraction of sp³-hybridized carbons (Fsp3) is 0.667. The van der Waals surface area contributed by atoms with Gasteiger partial charge < -0.3 is 0 Å².